The highest BCUT2D eigenvalue weighted by Crippen LogP contribution is 2.36. The van der Waals surface area contributed by atoms with Crippen LogP contribution < -0.4 is 0 Å². The van der Waals surface area contributed by atoms with Crippen LogP contribution >= 0.6 is 11.3 Å². The molecule has 2 aliphatic carbocycles. The van der Waals surface area contributed by atoms with Crippen LogP contribution in [-0.4, -0.2) is 36.6 Å². The Morgan fingerprint density at radius 1 is 1.36 bits per heavy atom. The van der Waals surface area contributed by atoms with Crippen LogP contribution in [0.4, 0.5) is 0 Å². The number of amides is 1. The second kappa shape index (κ2) is 5.97. The summed E-state index contributed by atoms with van der Waals surface area (Å²) in [5, 5.41) is 2.13. The molecular weight excluding hydrogens is 294 g/mol. The zero-order valence-corrected chi connectivity index (χ0v) is 14.2. The Balaban J connectivity index is 1.54. The van der Waals surface area contributed by atoms with Gasteiger partial charge < -0.3 is 9.64 Å². The molecule has 0 bridgehead atoms. The minimum atomic E-state index is 0.293. The van der Waals surface area contributed by atoms with Gasteiger partial charge in [-0.05, 0) is 50.0 Å². The van der Waals surface area contributed by atoms with Crippen LogP contribution in [-0.2, 0) is 17.6 Å². The number of fused-ring (bicyclic) bond motifs is 1. The number of rotatable bonds is 4. The maximum absolute atomic E-state index is 13.1. The molecule has 0 spiro atoms. The van der Waals surface area contributed by atoms with Gasteiger partial charge in [-0.15, -0.1) is 11.3 Å². The van der Waals surface area contributed by atoms with Crippen LogP contribution in [0.1, 0.15) is 53.4 Å². The van der Waals surface area contributed by atoms with E-state index in [4.69, 9.17) is 4.74 Å². The van der Waals surface area contributed by atoms with Crippen LogP contribution in [0.2, 0.25) is 0 Å². The Morgan fingerprint density at radius 2 is 2.23 bits per heavy atom. The van der Waals surface area contributed by atoms with Gasteiger partial charge in [0.05, 0.1) is 12.2 Å². The highest BCUT2D eigenvalue weighted by Gasteiger charge is 2.36. The third-order valence-corrected chi connectivity index (χ3v) is 6.41. The van der Waals surface area contributed by atoms with Crippen molar-refractivity contribution in [3.8, 4) is 0 Å². The van der Waals surface area contributed by atoms with Crippen molar-refractivity contribution in [3.05, 3.63) is 21.4 Å². The smallest absolute Gasteiger partial charge is 0.255 e. The molecule has 0 aromatic carbocycles. The lowest BCUT2D eigenvalue weighted by Crippen LogP contribution is -2.37. The fourth-order valence-corrected chi connectivity index (χ4v) is 5.04. The minimum absolute atomic E-state index is 0.293. The van der Waals surface area contributed by atoms with Gasteiger partial charge in [0.25, 0.3) is 5.91 Å². The molecule has 2 heterocycles. The second-order valence-electron chi connectivity index (χ2n) is 7.32. The molecule has 1 saturated carbocycles. The molecule has 3 aliphatic rings. The Hall–Kier alpha value is -0.870. The van der Waals surface area contributed by atoms with Gasteiger partial charge in [0.2, 0.25) is 0 Å². The molecule has 3 nitrogen and oxygen atoms in total. The summed E-state index contributed by atoms with van der Waals surface area (Å²) < 4.78 is 5.50. The molecule has 1 aromatic heterocycles. The highest BCUT2D eigenvalue weighted by molar-refractivity contribution is 7.10. The number of carbonyl (C=O) groups is 1. The van der Waals surface area contributed by atoms with Gasteiger partial charge >= 0.3 is 0 Å². The van der Waals surface area contributed by atoms with Crippen molar-refractivity contribution in [3.63, 3.8) is 0 Å². The average Bonchev–Trinajstić information content (AvgIpc) is 3.06. The zero-order valence-electron chi connectivity index (χ0n) is 13.3. The Morgan fingerprint density at radius 3 is 2.95 bits per heavy atom. The van der Waals surface area contributed by atoms with E-state index in [1.807, 2.05) is 0 Å². The third kappa shape index (κ3) is 2.83. The Bertz CT molecular complexity index is 557. The van der Waals surface area contributed by atoms with Crippen molar-refractivity contribution in [2.24, 2.45) is 11.8 Å². The molecule has 120 valence electrons. The lowest BCUT2D eigenvalue weighted by atomic mass is 9.88. The van der Waals surface area contributed by atoms with Crippen molar-refractivity contribution in [2.75, 3.05) is 19.8 Å². The monoisotopic (exact) mass is 319 g/mol. The predicted octanol–water partition coefficient (Wildman–Crippen LogP) is 3.51. The van der Waals surface area contributed by atoms with E-state index >= 15 is 0 Å². The van der Waals surface area contributed by atoms with Crippen molar-refractivity contribution in [2.45, 2.75) is 51.5 Å². The molecule has 0 N–H and O–H groups in total. The second-order valence-corrected chi connectivity index (χ2v) is 8.28. The van der Waals surface area contributed by atoms with Crippen molar-refractivity contribution < 1.29 is 9.53 Å². The molecule has 4 heteroatoms. The van der Waals surface area contributed by atoms with Gasteiger partial charge in [-0.2, -0.15) is 0 Å². The lowest BCUT2D eigenvalue weighted by Gasteiger charge is -2.26. The molecule has 0 radical (unpaired) electrons. The molecule has 22 heavy (non-hydrogen) atoms. The maximum atomic E-state index is 13.1. The molecule has 1 saturated heterocycles. The topological polar surface area (TPSA) is 29.5 Å². The molecule has 1 aromatic rings. The lowest BCUT2D eigenvalue weighted by molar-refractivity contribution is 0.0705. The van der Waals surface area contributed by atoms with Crippen LogP contribution in [0.5, 0.6) is 0 Å². The highest BCUT2D eigenvalue weighted by atomic mass is 32.1. The largest absolute Gasteiger partial charge is 0.381 e. The van der Waals surface area contributed by atoms with Crippen LogP contribution in [0, 0.1) is 11.8 Å². The first-order valence-corrected chi connectivity index (χ1v) is 9.58. The van der Waals surface area contributed by atoms with E-state index in [0.717, 1.165) is 50.5 Å². The normalized spacial score (nSPS) is 27.7. The summed E-state index contributed by atoms with van der Waals surface area (Å²) in [4.78, 5) is 16.7. The average molecular weight is 319 g/mol. The van der Waals surface area contributed by atoms with E-state index in [1.165, 1.54) is 29.7 Å². The third-order valence-electron chi connectivity index (χ3n) is 5.36. The van der Waals surface area contributed by atoms with Crippen molar-refractivity contribution >= 4 is 17.2 Å². The number of carbonyl (C=O) groups excluding carboxylic acids is 1. The summed E-state index contributed by atoms with van der Waals surface area (Å²) in [7, 11) is 0. The summed E-state index contributed by atoms with van der Waals surface area (Å²) in [6.45, 7) is 4.91. The number of nitrogens with zero attached hydrogens (tertiary/aromatic N) is 1. The van der Waals surface area contributed by atoms with Gasteiger partial charge in [-0.25, -0.2) is 0 Å². The number of ether oxygens (including phenoxy) is 1. The first-order valence-electron chi connectivity index (χ1n) is 8.70. The molecule has 1 amide bonds. The number of hydrogen-bond donors (Lipinski definition) is 0. The molecule has 1 aliphatic heterocycles. The minimum Gasteiger partial charge on any atom is -0.381 e. The first-order chi connectivity index (χ1) is 10.7. The fraction of sp³-hybridized carbons (Fsp3) is 0.722. The summed E-state index contributed by atoms with van der Waals surface area (Å²) in [5.41, 5.74) is 2.37. The quantitative estimate of drug-likeness (QED) is 0.850. The summed E-state index contributed by atoms with van der Waals surface area (Å²) in [6, 6.07) is 0.492. The standard InChI is InChI=1S/C18H25NO2S/c1-12-2-5-15-16(11-22-17(15)8-12)18(20)19(14-3-4-14)9-13-6-7-21-10-13/h11-14H,2-10H2,1H3/t12-,13-/m0/s1. The van der Waals surface area contributed by atoms with Gasteiger partial charge in [0.15, 0.2) is 0 Å². The molecule has 0 unspecified atom stereocenters. The molecular formula is C18H25NO2S. The van der Waals surface area contributed by atoms with E-state index in [9.17, 15) is 4.79 Å². The van der Waals surface area contributed by atoms with E-state index in [-0.39, 0.29) is 0 Å². The number of hydrogen-bond acceptors (Lipinski definition) is 3. The van der Waals surface area contributed by atoms with Gasteiger partial charge in [-0.3, -0.25) is 4.79 Å². The molecule has 2 fully saturated rings. The summed E-state index contributed by atoms with van der Waals surface area (Å²) >= 11 is 1.80. The first kappa shape index (κ1) is 14.7. The predicted molar refractivity (Wildman–Crippen MR) is 88.5 cm³/mol. The van der Waals surface area contributed by atoms with E-state index in [1.54, 1.807) is 11.3 Å². The van der Waals surface area contributed by atoms with Crippen molar-refractivity contribution in [1.29, 1.82) is 0 Å². The van der Waals surface area contributed by atoms with Crippen LogP contribution in [0.15, 0.2) is 5.38 Å². The Labute approximate surface area is 136 Å². The summed E-state index contributed by atoms with van der Waals surface area (Å²) in [6.07, 6.45) is 6.95. The summed E-state index contributed by atoms with van der Waals surface area (Å²) in [5.74, 6) is 1.60. The Kier molecular flexibility index (Phi) is 3.99. The molecule has 2 atom stereocenters. The number of thiophene rings is 1. The van der Waals surface area contributed by atoms with Gasteiger partial charge in [0.1, 0.15) is 0 Å². The van der Waals surface area contributed by atoms with E-state index in [0.29, 0.717) is 17.9 Å². The maximum Gasteiger partial charge on any atom is 0.255 e. The molecule has 4 rings (SSSR count). The van der Waals surface area contributed by atoms with E-state index < -0.39 is 0 Å². The van der Waals surface area contributed by atoms with E-state index in [2.05, 4.69) is 17.2 Å². The van der Waals surface area contributed by atoms with Gasteiger partial charge in [-0.1, -0.05) is 6.92 Å². The van der Waals surface area contributed by atoms with Crippen LogP contribution in [0.3, 0.4) is 0 Å². The fourth-order valence-electron chi connectivity index (χ4n) is 3.80. The van der Waals surface area contributed by atoms with Gasteiger partial charge in [0, 0.05) is 35.4 Å². The van der Waals surface area contributed by atoms with Crippen molar-refractivity contribution in [1.82, 2.24) is 4.90 Å². The zero-order chi connectivity index (χ0) is 15.1. The van der Waals surface area contributed by atoms with Crippen LogP contribution in [0.25, 0.3) is 0 Å². The SMILES string of the molecule is C[C@H]1CCc2c(C(=O)N(C[C@@H]3CCOC3)C3CC3)csc2C1.